The van der Waals surface area contributed by atoms with Gasteiger partial charge >= 0.3 is 0 Å². The predicted molar refractivity (Wildman–Crippen MR) is 88.7 cm³/mol. The van der Waals surface area contributed by atoms with E-state index in [9.17, 15) is 19.8 Å². The monoisotopic (exact) mass is 314 g/mol. The van der Waals surface area contributed by atoms with E-state index in [-0.39, 0.29) is 29.3 Å². The Morgan fingerprint density at radius 1 is 1.22 bits per heavy atom. The Bertz CT molecular complexity index is 668. The molecule has 0 bridgehead atoms. The average molecular weight is 314 g/mol. The topological polar surface area (TPSA) is 74.6 Å². The SMILES string of the molecule is CC(=O)C1=C(O)C[C@](C)(O)[C@@H](C(C)=O)[C@@H]1C=Cc1ccccc1. The highest BCUT2D eigenvalue weighted by molar-refractivity contribution is 5.97. The van der Waals surface area contributed by atoms with Crippen molar-refractivity contribution in [3.63, 3.8) is 0 Å². The van der Waals surface area contributed by atoms with Crippen molar-refractivity contribution in [2.45, 2.75) is 32.8 Å². The molecule has 0 saturated heterocycles. The summed E-state index contributed by atoms with van der Waals surface area (Å²) in [4.78, 5) is 24.1. The smallest absolute Gasteiger partial charge is 0.159 e. The molecular weight excluding hydrogens is 292 g/mol. The molecule has 2 N–H and O–H groups in total. The zero-order valence-electron chi connectivity index (χ0n) is 13.6. The lowest BCUT2D eigenvalue weighted by Gasteiger charge is -2.40. The fourth-order valence-corrected chi connectivity index (χ4v) is 3.40. The molecule has 1 aliphatic carbocycles. The first-order valence-corrected chi connectivity index (χ1v) is 7.63. The Morgan fingerprint density at radius 3 is 2.35 bits per heavy atom. The van der Waals surface area contributed by atoms with E-state index in [1.807, 2.05) is 30.3 Å². The summed E-state index contributed by atoms with van der Waals surface area (Å²) in [5, 5.41) is 20.8. The van der Waals surface area contributed by atoms with Crippen LogP contribution in [0.4, 0.5) is 0 Å². The summed E-state index contributed by atoms with van der Waals surface area (Å²) in [6, 6.07) is 9.47. The number of ketones is 2. The summed E-state index contributed by atoms with van der Waals surface area (Å²) in [7, 11) is 0. The number of aliphatic hydroxyl groups excluding tert-OH is 1. The van der Waals surface area contributed by atoms with Crippen LogP contribution in [0.25, 0.3) is 6.08 Å². The molecule has 0 heterocycles. The van der Waals surface area contributed by atoms with Crippen LogP contribution in [0.3, 0.4) is 0 Å². The van der Waals surface area contributed by atoms with Gasteiger partial charge in [-0.2, -0.15) is 0 Å². The summed E-state index contributed by atoms with van der Waals surface area (Å²) < 4.78 is 0. The van der Waals surface area contributed by atoms with Gasteiger partial charge in [0, 0.05) is 17.9 Å². The number of rotatable bonds is 4. The molecule has 23 heavy (non-hydrogen) atoms. The maximum atomic E-state index is 12.1. The maximum absolute atomic E-state index is 12.1. The second-order valence-electron chi connectivity index (χ2n) is 6.33. The van der Waals surface area contributed by atoms with Crippen LogP contribution in [-0.2, 0) is 9.59 Å². The van der Waals surface area contributed by atoms with Crippen LogP contribution < -0.4 is 0 Å². The third kappa shape index (κ3) is 3.59. The van der Waals surface area contributed by atoms with E-state index >= 15 is 0 Å². The van der Waals surface area contributed by atoms with Gasteiger partial charge < -0.3 is 10.2 Å². The van der Waals surface area contributed by atoms with Gasteiger partial charge in [-0.15, -0.1) is 0 Å². The molecule has 0 saturated carbocycles. The van der Waals surface area contributed by atoms with Crippen LogP contribution >= 0.6 is 0 Å². The Morgan fingerprint density at radius 2 is 1.83 bits per heavy atom. The standard InChI is InChI=1S/C19H22O4/c1-12(20)17-15(10-9-14-7-5-4-6-8-14)18(13(2)21)19(3,23)11-16(17)22/h4-10,15,18,22-23H,11H2,1-3H3/t15-,18+,19+/m1/s1. The van der Waals surface area contributed by atoms with Crippen molar-refractivity contribution in [3.05, 3.63) is 53.3 Å². The van der Waals surface area contributed by atoms with E-state index in [2.05, 4.69) is 0 Å². The van der Waals surface area contributed by atoms with Gasteiger partial charge in [-0.1, -0.05) is 42.5 Å². The fraction of sp³-hybridized carbons (Fsp3) is 0.368. The van der Waals surface area contributed by atoms with Gasteiger partial charge in [0.1, 0.15) is 11.5 Å². The molecule has 4 heteroatoms. The van der Waals surface area contributed by atoms with Crippen LogP contribution in [-0.4, -0.2) is 27.4 Å². The lowest BCUT2D eigenvalue weighted by Crippen LogP contribution is -2.47. The van der Waals surface area contributed by atoms with Gasteiger partial charge in [0.05, 0.1) is 11.5 Å². The van der Waals surface area contributed by atoms with Gasteiger partial charge in [0.25, 0.3) is 0 Å². The summed E-state index contributed by atoms with van der Waals surface area (Å²) in [6.45, 7) is 4.30. The number of hydrogen-bond donors (Lipinski definition) is 2. The highest BCUT2D eigenvalue weighted by Crippen LogP contribution is 2.42. The molecule has 0 spiro atoms. The minimum Gasteiger partial charge on any atom is -0.512 e. The van der Waals surface area contributed by atoms with Crippen LogP contribution in [0.5, 0.6) is 0 Å². The van der Waals surface area contributed by atoms with E-state index in [4.69, 9.17) is 0 Å². The Kier molecular flexibility index (Phi) is 4.85. The van der Waals surface area contributed by atoms with E-state index in [1.54, 1.807) is 12.2 Å². The van der Waals surface area contributed by atoms with Gasteiger partial charge in [0.15, 0.2) is 5.78 Å². The molecule has 1 aliphatic rings. The molecule has 0 fully saturated rings. The van der Waals surface area contributed by atoms with Gasteiger partial charge in [-0.05, 0) is 26.3 Å². The van der Waals surface area contributed by atoms with Crippen LogP contribution in [0.2, 0.25) is 0 Å². The number of aliphatic hydroxyl groups is 2. The molecule has 0 radical (unpaired) electrons. The third-order valence-electron chi connectivity index (χ3n) is 4.31. The number of benzene rings is 1. The molecule has 0 unspecified atom stereocenters. The number of carbonyl (C=O) groups excluding carboxylic acids is 2. The van der Waals surface area contributed by atoms with Crippen LogP contribution in [0, 0.1) is 11.8 Å². The number of allylic oxidation sites excluding steroid dienone is 2. The first-order chi connectivity index (χ1) is 10.7. The first kappa shape index (κ1) is 17.2. The van der Waals surface area contributed by atoms with Gasteiger partial charge in [-0.3, -0.25) is 9.59 Å². The lowest BCUT2D eigenvalue weighted by molar-refractivity contribution is -0.133. The van der Waals surface area contributed by atoms with Crippen molar-refractivity contribution < 1.29 is 19.8 Å². The first-order valence-electron chi connectivity index (χ1n) is 7.63. The highest BCUT2D eigenvalue weighted by Gasteiger charge is 2.47. The average Bonchev–Trinajstić information content (AvgIpc) is 2.43. The third-order valence-corrected chi connectivity index (χ3v) is 4.31. The maximum Gasteiger partial charge on any atom is 0.159 e. The van der Waals surface area contributed by atoms with Crippen molar-refractivity contribution in [3.8, 4) is 0 Å². The van der Waals surface area contributed by atoms with Crippen molar-refractivity contribution in [2.24, 2.45) is 11.8 Å². The highest BCUT2D eigenvalue weighted by atomic mass is 16.3. The van der Waals surface area contributed by atoms with Crippen LogP contribution in [0.15, 0.2) is 47.7 Å². The number of carbonyl (C=O) groups is 2. The largest absolute Gasteiger partial charge is 0.512 e. The zero-order chi connectivity index (χ0) is 17.2. The van der Waals surface area contributed by atoms with Gasteiger partial charge in [0.2, 0.25) is 0 Å². The normalized spacial score (nSPS) is 28.2. The van der Waals surface area contributed by atoms with Crippen LogP contribution in [0.1, 0.15) is 32.8 Å². The molecule has 2 rings (SSSR count). The summed E-state index contributed by atoms with van der Waals surface area (Å²) >= 11 is 0. The second-order valence-corrected chi connectivity index (χ2v) is 6.33. The summed E-state index contributed by atoms with van der Waals surface area (Å²) in [5.74, 6) is -2.04. The van der Waals surface area contributed by atoms with E-state index < -0.39 is 17.4 Å². The van der Waals surface area contributed by atoms with Crippen molar-refractivity contribution in [1.29, 1.82) is 0 Å². The van der Waals surface area contributed by atoms with Crippen molar-refractivity contribution >= 4 is 17.6 Å². The summed E-state index contributed by atoms with van der Waals surface area (Å²) in [6.07, 6.45) is 3.43. The number of hydrogen-bond acceptors (Lipinski definition) is 4. The molecule has 1 aromatic carbocycles. The number of Topliss-reactive ketones (excluding diaryl/α,β-unsaturated/α-hetero) is 2. The minimum absolute atomic E-state index is 0.0954. The molecule has 4 nitrogen and oxygen atoms in total. The summed E-state index contributed by atoms with van der Waals surface area (Å²) in [5.41, 5.74) is -0.257. The van der Waals surface area contributed by atoms with Gasteiger partial charge in [-0.25, -0.2) is 0 Å². The van der Waals surface area contributed by atoms with E-state index in [0.29, 0.717) is 0 Å². The molecular formula is C19H22O4. The molecule has 122 valence electrons. The molecule has 3 atom stereocenters. The second kappa shape index (κ2) is 6.50. The fourth-order valence-electron chi connectivity index (χ4n) is 3.40. The lowest BCUT2D eigenvalue weighted by atomic mass is 9.66. The van der Waals surface area contributed by atoms with Crippen molar-refractivity contribution in [1.82, 2.24) is 0 Å². The minimum atomic E-state index is -1.39. The zero-order valence-corrected chi connectivity index (χ0v) is 13.6. The van der Waals surface area contributed by atoms with Crippen molar-refractivity contribution in [2.75, 3.05) is 0 Å². The molecule has 0 aromatic heterocycles. The molecule has 0 aliphatic heterocycles. The Labute approximate surface area is 136 Å². The molecule has 1 aromatic rings. The predicted octanol–water partition coefficient (Wildman–Crippen LogP) is 3.08. The quantitative estimate of drug-likeness (QED) is 0.895. The van der Waals surface area contributed by atoms with E-state index in [1.165, 1.54) is 20.8 Å². The van der Waals surface area contributed by atoms with E-state index in [0.717, 1.165) is 5.56 Å². The molecule has 0 amide bonds. The Balaban J connectivity index is 2.51. The Hall–Kier alpha value is -2.20.